The molecule has 1 amide bonds. The van der Waals surface area contributed by atoms with Crippen LogP contribution in [-0.4, -0.2) is 32.3 Å². The second kappa shape index (κ2) is 6.84. The van der Waals surface area contributed by atoms with Crippen LogP contribution >= 0.6 is 11.6 Å². The van der Waals surface area contributed by atoms with Crippen molar-refractivity contribution in [3.8, 4) is 0 Å². The number of carbonyl (C=O) groups excluding carboxylic acids is 1. The Morgan fingerprint density at radius 1 is 1.33 bits per heavy atom. The average Bonchev–Trinajstić information content (AvgIpc) is 3.05. The molecule has 0 bridgehead atoms. The third kappa shape index (κ3) is 3.13. The van der Waals surface area contributed by atoms with E-state index >= 15 is 0 Å². The lowest BCUT2D eigenvalue weighted by Crippen LogP contribution is -2.45. The van der Waals surface area contributed by atoms with E-state index in [0.29, 0.717) is 19.4 Å². The van der Waals surface area contributed by atoms with Crippen molar-refractivity contribution in [3.63, 3.8) is 0 Å². The molecule has 1 aliphatic heterocycles. The second-order valence-electron chi connectivity index (χ2n) is 5.71. The Kier molecular flexibility index (Phi) is 4.80. The van der Waals surface area contributed by atoms with E-state index in [1.165, 1.54) is 4.90 Å². The molecule has 1 aromatic carbocycles. The Hall–Kier alpha value is -2.02. The predicted octanol–water partition coefficient (Wildman–Crippen LogP) is 2.88. The molecule has 0 saturated heterocycles. The Labute approximate surface area is 141 Å². The molecule has 0 spiro atoms. The minimum absolute atomic E-state index is 0.292. The van der Waals surface area contributed by atoms with Crippen LogP contribution in [0.1, 0.15) is 17.7 Å². The number of amides is 1. The monoisotopic (exact) mass is 357 g/mol. The van der Waals surface area contributed by atoms with Gasteiger partial charge in [-0.1, -0.05) is 0 Å². The molecule has 4 nitrogen and oxygen atoms in total. The van der Waals surface area contributed by atoms with Gasteiger partial charge in [0.2, 0.25) is 5.91 Å². The van der Waals surface area contributed by atoms with E-state index in [0.717, 1.165) is 17.8 Å². The molecule has 128 valence electrons. The fourth-order valence-electron chi connectivity index (χ4n) is 2.99. The Balaban J connectivity index is 1.89. The SMILES string of the molecule is O=C(CCl)N(Cc1c(F)ccc(F)c1F)C1CCc2cncn2C1. The molecule has 0 saturated carbocycles. The number of aromatic nitrogens is 2. The Morgan fingerprint density at radius 3 is 2.83 bits per heavy atom. The maximum Gasteiger partial charge on any atom is 0.238 e. The van der Waals surface area contributed by atoms with Crippen molar-refractivity contribution in [2.45, 2.75) is 32.0 Å². The normalized spacial score (nSPS) is 16.8. The van der Waals surface area contributed by atoms with Crippen molar-refractivity contribution < 1.29 is 18.0 Å². The first-order valence-electron chi connectivity index (χ1n) is 7.48. The number of aryl methyl sites for hydroxylation is 1. The zero-order valence-electron chi connectivity index (χ0n) is 12.7. The van der Waals surface area contributed by atoms with E-state index in [1.54, 1.807) is 12.5 Å². The van der Waals surface area contributed by atoms with Gasteiger partial charge in [0.25, 0.3) is 0 Å². The highest BCUT2D eigenvalue weighted by atomic mass is 35.5. The highest BCUT2D eigenvalue weighted by Crippen LogP contribution is 2.24. The first kappa shape index (κ1) is 16.8. The largest absolute Gasteiger partial charge is 0.333 e. The maximum absolute atomic E-state index is 13.9. The number of carbonyl (C=O) groups is 1. The van der Waals surface area contributed by atoms with Gasteiger partial charge in [0, 0.05) is 24.0 Å². The number of imidazole rings is 1. The molecule has 2 aromatic rings. The number of halogens is 4. The fraction of sp³-hybridized carbons (Fsp3) is 0.375. The predicted molar refractivity (Wildman–Crippen MR) is 81.9 cm³/mol. The van der Waals surface area contributed by atoms with E-state index < -0.39 is 28.9 Å². The molecule has 0 radical (unpaired) electrons. The fourth-order valence-corrected chi connectivity index (χ4v) is 3.14. The van der Waals surface area contributed by atoms with Crippen LogP contribution in [0.15, 0.2) is 24.7 Å². The Morgan fingerprint density at radius 2 is 2.08 bits per heavy atom. The first-order chi connectivity index (χ1) is 11.5. The molecule has 1 atom stereocenters. The molecule has 1 aliphatic rings. The van der Waals surface area contributed by atoms with Crippen LogP contribution in [0.3, 0.4) is 0 Å². The molecular formula is C16H15ClF3N3O. The van der Waals surface area contributed by atoms with Crippen molar-refractivity contribution in [1.82, 2.24) is 14.5 Å². The van der Waals surface area contributed by atoms with Gasteiger partial charge in [0.1, 0.15) is 11.7 Å². The number of nitrogens with zero attached hydrogens (tertiary/aromatic N) is 3. The van der Waals surface area contributed by atoms with E-state index in [9.17, 15) is 18.0 Å². The van der Waals surface area contributed by atoms with Gasteiger partial charge in [-0.2, -0.15) is 0 Å². The highest BCUT2D eigenvalue weighted by Gasteiger charge is 2.29. The van der Waals surface area contributed by atoms with Gasteiger partial charge < -0.3 is 9.47 Å². The van der Waals surface area contributed by atoms with Crippen LogP contribution in [0.25, 0.3) is 0 Å². The average molecular weight is 358 g/mol. The van der Waals surface area contributed by atoms with Crippen molar-refractivity contribution in [1.29, 1.82) is 0 Å². The molecule has 24 heavy (non-hydrogen) atoms. The smallest absolute Gasteiger partial charge is 0.238 e. The number of hydrogen-bond donors (Lipinski definition) is 0. The summed E-state index contributed by atoms with van der Waals surface area (Å²) < 4.78 is 43.2. The summed E-state index contributed by atoms with van der Waals surface area (Å²) in [5, 5.41) is 0. The van der Waals surface area contributed by atoms with Crippen molar-refractivity contribution >= 4 is 17.5 Å². The summed E-state index contributed by atoms with van der Waals surface area (Å²) in [6.45, 7) is 0.0895. The number of benzene rings is 1. The van der Waals surface area contributed by atoms with Gasteiger partial charge in [-0.25, -0.2) is 18.2 Å². The molecule has 1 aromatic heterocycles. The van der Waals surface area contributed by atoms with Crippen molar-refractivity contribution in [2.24, 2.45) is 0 Å². The molecule has 0 fully saturated rings. The zero-order chi connectivity index (χ0) is 17.3. The molecule has 0 N–H and O–H groups in total. The van der Waals surface area contributed by atoms with E-state index in [1.807, 2.05) is 4.57 Å². The van der Waals surface area contributed by atoms with E-state index in [2.05, 4.69) is 4.98 Å². The highest BCUT2D eigenvalue weighted by molar-refractivity contribution is 6.27. The Bertz CT molecular complexity index is 765. The molecule has 1 unspecified atom stereocenters. The van der Waals surface area contributed by atoms with Crippen LogP contribution < -0.4 is 0 Å². The van der Waals surface area contributed by atoms with Crippen LogP contribution in [0.5, 0.6) is 0 Å². The standard InChI is InChI=1S/C16H15ClF3N3O/c17-5-15(24)23(8-12-13(18)3-4-14(19)16(12)20)11-2-1-10-6-21-9-22(10)7-11/h3-4,6,9,11H,1-2,5,7-8H2. The van der Waals surface area contributed by atoms with Crippen LogP contribution in [0.4, 0.5) is 13.2 Å². The summed E-state index contributed by atoms with van der Waals surface area (Å²) in [6, 6.07) is 1.28. The van der Waals surface area contributed by atoms with Gasteiger partial charge >= 0.3 is 0 Å². The van der Waals surface area contributed by atoms with Gasteiger partial charge in [0.15, 0.2) is 11.6 Å². The minimum Gasteiger partial charge on any atom is -0.333 e. The number of hydrogen-bond acceptors (Lipinski definition) is 2. The number of alkyl halides is 1. The summed E-state index contributed by atoms with van der Waals surface area (Å²) in [5.74, 6) is -4.08. The third-order valence-corrected chi connectivity index (χ3v) is 4.51. The van der Waals surface area contributed by atoms with Crippen LogP contribution in [-0.2, 0) is 24.3 Å². The first-order valence-corrected chi connectivity index (χ1v) is 8.01. The lowest BCUT2D eigenvalue weighted by Gasteiger charge is -2.35. The molecule has 3 rings (SSSR count). The van der Waals surface area contributed by atoms with Crippen molar-refractivity contribution in [2.75, 3.05) is 5.88 Å². The summed E-state index contributed by atoms with van der Waals surface area (Å²) >= 11 is 5.65. The lowest BCUT2D eigenvalue weighted by molar-refractivity contribution is -0.132. The maximum atomic E-state index is 13.9. The van der Waals surface area contributed by atoms with Gasteiger partial charge in [-0.15, -0.1) is 11.6 Å². The topological polar surface area (TPSA) is 38.1 Å². The van der Waals surface area contributed by atoms with Crippen LogP contribution in [0.2, 0.25) is 0 Å². The second-order valence-corrected chi connectivity index (χ2v) is 5.97. The zero-order valence-corrected chi connectivity index (χ0v) is 13.4. The quantitative estimate of drug-likeness (QED) is 0.623. The summed E-state index contributed by atoms with van der Waals surface area (Å²) in [5.41, 5.74) is 0.567. The molecule has 2 heterocycles. The molecular weight excluding hydrogens is 343 g/mol. The van der Waals surface area contributed by atoms with E-state index in [-0.39, 0.29) is 18.5 Å². The molecule has 8 heteroatoms. The number of rotatable bonds is 4. The lowest BCUT2D eigenvalue weighted by atomic mass is 10.0. The summed E-state index contributed by atoms with van der Waals surface area (Å²) in [7, 11) is 0. The van der Waals surface area contributed by atoms with E-state index in [4.69, 9.17) is 11.6 Å². The van der Waals surface area contributed by atoms with Gasteiger partial charge in [-0.3, -0.25) is 4.79 Å². The van der Waals surface area contributed by atoms with Gasteiger partial charge in [-0.05, 0) is 25.0 Å². The third-order valence-electron chi connectivity index (χ3n) is 4.28. The summed E-state index contributed by atoms with van der Waals surface area (Å²) in [4.78, 5) is 17.6. The van der Waals surface area contributed by atoms with Crippen LogP contribution in [0, 0.1) is 17.5 Å². The summed E-state index contributed by atoms with van der Waals surface area (Å²) in [6.07, 6.45) is 4.70. The van der Waals surface area contributed by atoms with Crippen molar-refractivity contribution in [3.05, 3.63) is 53.4 Å². The number of fused-ring (bicyclic) bond motifs is 1. The van der Waals surface area contributed by atoms with Gasteiger partial charge in [0.05, 0.1) is 18.9 Å². The minimum atomic E-state index is -1.28. The molecule has 0 aliphatic carbocycles.